The van der Waals surface area contributed by atoms with Gasteiger partial charge < -0.3 is 16.0 Å². The van der Waals surface area contributed by atoms with Crippen molar-refractivity contribution >= 4 is 80.8 Å². The van der Waals surface area contributed by atoms with Gasteiger partial charge in [-0.05, 0) is 90.9 Å². The monoisotopic (exact) mass is 736 g/mol. The number of thioether (sulfide) groups is 1. The van der Waals surface area contributed by atoms with Crippen LogP contribution in [0.2, 0.25) is 10.0 Å². The molecule has 6 rings (SSSR count). The molecule has 7 nitrogen and oxygen atoms in total. The number of carbonyl (C=O) groups is 3. The highest BCUT2D eigenvalue weighted by Crippen LogP contribution is 2.41. The molecule has 4 aromatic carbocycles. The molecular formula is C39H30Cl2N4O3S2. The molecule has 1 heterocycles. The molecule has 0 fully saturated rings. The number of carbonyl (C=O) groups excluding carboxylic acids is 3. The number of nitrogens with one attached hydrogen (secondary N) is 3. The molecule has 1 unspecified atom stereocenters. The van der Waals surface area contributed by atoms with Gasteiger partial charge in [-0.1, -0.05) is 83.9 Å². The van der Waals surface area contributed by atoms with Crippen LogP contribution in [0, 0.1) is 11.3 Å². The number of nitriles is 1. The smallest absolute Gasteiger partial charge is 0.272 e. The quantitative estimate of drug-likeness (QED) is 0.0977. The molecule has 0 saturated carbocycles. The first-order chi connectivity index (χ1) is 24.3. The Balaban J connectivity index is 1.25. The number of nitrogens with zero attached hydrogens (tertiary/aromatic N) is 1. The number of thiophene rings is 1. The van der Waals surface area contributed by atoms with Gasteiger partial charge in [-0.3, -0.25) is 14.4 Å². The predicted octanol–water partition coefficient (Wildman–Crippen LogP) is 9.69. The fourth-order valence-electron chi connectivity index (χ4n) is 5.55. The standard InChI is InChI=1S/C39H30Cl2N4O3S2/c40-27-19-18-26(32(41)21-27)20-33(44-36(46)25-12-5-2-6-13-25)37(47)43-28-14-9-15-29(22-28)49-35(24-10-3-1-4-11-24)38(48)45-39-31(23-42)30-16-7-8-17-34(30)50-39/h1-6,9-15,18-22,35H,7-8,16-17H2,(H,43,47)(H,44,46)(H,45,48)/b33-20+. The number of benzene rings is 4. The fraction of sp³-hybridized carbons (Fsp3) is 0.128. The van der Waals surface area contributed by atoms with Crippen molar-refractivity contribution in [2.75, 3.05) is 10.6 Å². The van der Waals surface area contributed by atoms with E-state index in [1.165, 1.54) is 34.1 Å². The topological polar surface area (TPSA) is 111 Å². The number of fused-ring (bicyclic) bond motifs is 1. The van der Waals surface area contributed by atoms with E-state index in [0.717, 1.165) is 41.7 Å². The second-order valence-electron chi connectivity index (χ2n) is 11.5. The minimum atomic E-state index is -0.652. The molecule has 50 heavy (non-hydrogen) atoms. The maximum Gasteiger partial charge on any atom is 0.272 e. The second kappa shape index (κ2) is 16.2. The minimum absolute atomic E-state index is 0.0328. The van der Waals surface area contributed by atoms with Crippen molar-refractivity contribution in [3.05, 3.63) is 152 Å². The molecular weight excluding hydrogens is 707 g/mol. The lowest BCUT2D eigenvalue weighted by molar-refractivity contribution is -0.116. The van der Waals surface area contributed by atoms with Crippen molar-refractivity contribution in [3.8, 4) is 6.07 Å². The van der Waals surface area contributed by atoms with E-state index in [1.54, 1.807) is 66.7 Å². The van der Waals surface area contributed by atoms with Gasteiger partial charge in [-0.25, -0.2) is 0 Å². The summed E-state index contributed by atoms with van der Waals surface area (Å²) in [5.74, 6) is -1.30. The molecule has 0 radical (unpaired) electrons. The van der Waals surface area contributed by atoms with E-state index in [-0.39, 0.29) is 11.6 Å². The van der Waals surface area contributed by atoms with Crippen LogP contribution in [-0.2, 0) is 22.4 Å². The average Bonchev–Trinajstić information content (AvgIpc) is 3.48. The van der Waals surface area contributed by atoms with Crippen LogP contribution in [0.5, 0.6) is 0 Å². The molecule has 1 aliphatic carbocycles. The molecule has 0 aliphatic heterocycles. The lowest BCUT2D eigenvalue weighted by Crippen LogP contribution is -2.30. The molecule has 0 bridgehead atoms. The third-order valence-corrected chi connectivity index (χ3v) is 11.0. The molecule has 11 heteroatoms. The van der Waals surface area contributed by atoms with Crippen LogP contribution in [0.15, 0.2) is 114 Å². The van der Waals surface area contributed by atoms with Gasteiger partial charge in [-0.15, -0.1) is 23.1 Å². The summed E-state index contributed by atoms with van der Waals surface area (Å²) in [5.41, 5.74) is 3.68. The Morgan fingerprint density at radius 1 is 0.860 bits per heavy atom. The maximum absolute atomic E-state index is 13.9. The number of hydrogen-bond acceptors (Lipinski definition) is 6. The zero-order chi connectivity index (χ0) is 35.0. The number of hydrogen-bond donors (Lipinski definition) is 3. The Morgan fingerprint density at radius 2 is 1.60 bits per heavy atom. The Labute approximate surface area is 308 Å². The highest BCUT2D eigenvalue weighted by molar-refractivity contribution is 8.00. The Hall–Kier alpha value is -4.85. The van der Waals surface area contributed by atoms with Crippen LogP contribution in [0.1, 0.15) is 55.6 Å². The molecule has 1 atom stereocenters. The molecule has 1 aromatic heterocycles. The summed E-state index contributed by atoms with van der Waals surface area (Å²) in [6.45, 7) is 0. The summed E-state index contributed by atoms with van der Waals surface area (Å²) in [6, 6.07) is 32.3. The maximum atomic E-state index is 13.9. The van der Waals surface area contributed by atoms with Gasteiger partial charge in [0, 0.05) is 31.1 Å². The fourth-order valence-corrected chi connectivity index (χ4v) is 8.34. The normalized spacial score (nSPS) is 13.0. The van der Waals surface area contributed by atoms with Gasteiger partial charge >= 0.3 is 0 Å². The first-order valence-corrected chi connectivity index (χ1v) is 18.3. The van der Waals surface area contributed by atoms with Crippen molar-refractivity contribution in [2.24, 2.45) is 0 Å². The van der Waals surface area contributed by atoms with E-state index in [9.17, 15) is 19.6 Å². The predicted molar refractivity (Wildman–Crippen MR) is 203 cm³/mol. The number of aryl methyl sites for hydroxylation is 1. The van der Waals surface area contributed by atoms with Crippen LogP contribution in [0.4, 0.5) is 10.7 Å². The lowest BCUT2D eigenvalue weighted by Gasteiger charge is -2.17. The number of rotatable bonds is 10. The van der Waals surface area contributed by atoms with Gasteiger partial charge in [0.2, 0.25) is 5.91 Å². The van der Waals surface area contributed by atoms with E-state index < -0.39 is 17.1 Å². The Morgan fingerprint density at radius 3 is 2.34 bits per heavy atom. The van der Waals surface area contributed by atoms with Gasteiger partial charge in [0.1, 0.15) is 22.0 Å². The van der Waals surface area contributed by atoms with Crippen LogP contribution in [0.25, 0.3) is 6.08 Å². The van der Waals surface area contributed by atoms with E-state index in [1.807, 2.05) is 36.4 Å². The minimum Gasteiger partial charge on any atom is -0.321 e. The van der Waals surface area contributed by atoms with Crippen LogP contribution < -0.4 is 16.0 Å². The van der Waals surface area contributed by atoms with E-state index in [0.29, 0.717) is 37.4 Å². The third kappa shape index (κ3) is 8.47. The van der Waals surface area contributed by atoms with Crippen LogP contribution >= 0.6 is 46.3 Å². The van der Waals surface area contributed by atoms with E-state index >= 15 is 0 Å². The highest BCUT2D eigenvalue weighted by Gasteiger charge is 2.27. The third-order valence-electron chi connectivity index (χ3n) is 8.00. The summed E-state index contributed by atoms with van der Waals surface area (Å²) in [7, 11) is 0. The van der Waals surface area contributed by atoms with Gasteiger partial charge in [0.05, 0.1) is 5.56 Å². The number of amides is 3. The first-order valence-electron chi connectivity index (χ1n) is 15.8. The van der Waals surface area contributed by atoms with Crippen LogP contribution in [0.3, 0.4) is 0 Å². The van der Waals surface area contributed by atoms with E-state index in [4.69, 9.17) is 23.2 Å². The molecule has 1 aliphatic rings. The Kier molecular flexibility index (Phi) is 11.4. The summed E-state index contributed by atoms with van der Waals surface area (Å²) in [6.07, 6.45) is 5.36. The molecule has 3 N–H and O–H groups in total. The largest absolute Gasteiger partial charge is 0.321 e. The Bertz CT molecular complexity index is 2130. The van der Waals surface area contributed by atoms with E-state index in [2.05, 4.69) is 22.0 Å². The zero-order valence-electron chi connectivity index (χ0n) is 26.5. The SMILES string of the molecule is N#Cc1c(NC(=O)C(Sc2cccc(NC(=O)/C(=C\c3ccc(Cl)cc3Cl)NC(=O)c3ccccc3)c2)c2ccccc2)sc2c1CCCC2. The summed E-state index contributed by atoms with van der Waals surface area (Å²) in [5, 5.41) is 19.3. The molecule has 250 valence electrons. The molecule has 3 amide bonds. The van der Waals surface area contributed by atoms with Gasteiger partial charge in [0.15, 0.2) is 0 Å². The molecule has 5 aromatic rings. The van der Waals surface area contributed by atoms with Crippen molar-refractivity contribution < 1.29 is 14.4 Å². The second-order valence-corrected chi connectivity index (χ2v) is 14.6. The zero-order valence-corrected chi connectivity index (χ0v) is 29.7. The van der Waals surface area contributed by atoms with Crippen molar-refractivity contribution in [3.63, 3.8) is 0 Å². The summed E-state index contributed by atoms with van der Waals surface area (Å²) >= 11 is 15.3. The number of anilines is 2. The highest BCUT2D eigenvalue weighted by atomic mass is 35.5. The van der Waals surface area contributed by atoms with Crippen molar-refractivity contribution in [2.45, 2.75) is 35.8 Å². The number of halogens is 2. The van der Waals surface area contributed by atoms with Crippen LogP contribution in [-0.4, -0.2) is 17.7 Å². The van der Waals surface area contributed by atoms with Crippen molar-refractivity contribution in [1.82, 2.24) is 5.32 Å². The van der Waals surface area contributed by atoms with Gasteiger partial charge in [0.25, 0.3) is 11.8 Å². The average molecular weight is 738 g/mol. The van der Waals surface area contributed by atoms with Crippen molar-refractivity contribution in [1.29, 1.82) is 5.26 Å². The lowest BCUT2D eigenvalue weighted by atomic mass is 9.96. The molecule has 0 saturated heterocycles. The van der Waals surface area contributed by atoms with Gasteiger partial charge in [-0.2, -0.15) is 5.26 Å². The molecule has 0 spiro atoms. The summed E-state index contributed by atoms with van der Waals surface area (Å²) in [4.78, 5) is 42.6. The summed E-state index contributed by atoms with van der Waals surface area (Å²) < 4.78 is 0. The first kappa shape index (κ1) is 35.0.